The molecule has 6 heteroatoms. The monoisotopic (exact) mass is 204 g/mol. The van der Waals surface area contributed by atoms with Gasteiger partial charge in [-0.15, -0.1) is 0 Å². The quantitative estimate of drug-likeness (QED) is 0.777. The third-order valence-corrected chi connectivity index (χ3v) is 1.79. The van der Waals surface area contributed by atoms with Crippen LogP contribution < -0.4 is 0 Å². The minimum absolute atomic E-state index is 0.0826. The molecule has 0 radical (unpaired) electrons. The number of rotatable bonds is 3. The topological polar surface area (TPSA) is 80.9 Å². The van der Waals surface area contributed by atoms with Gasteiger partial charge in [0.15, 0.2) is 0 Å². The Morgan fingerprint density at radius 3 is 2.80 bits per heavy atom. The van der Waals surface area contributed by atoms with Crippen molar-refractivity contribution in [3.63, 3.8) is 0 Å². The first kappa shape index (κ1) is 9.32. The second-order valence-electron chi connectivity index (χ2n) is 2.92. The van der Waals surface area contributed by atoms with Crippen molar-refractivity contribution in [3.8, 4) is 5.69 Å². The number of carboxylic acids is 1. The molecular weight excluding hydrogens is 196 g/mol. The molecule has 0 spiro atoms. The van der Waals surface area contributed by atoms with Gasteiger partial charge in [-0.1, -0.05) is 0 Å². The molecule has 0 amide bonds. The second-order valence-corrected chi connectivity index (χ2v) is 2.92. The molecule has 2 heterocycles. The SMILES string of the molecule is O=C(O)Cc1ccn(-c2cncnc2)n1. The number of hydrogen-bond acceptors (Lipinski definition) is 4. The maximum absolute atomic E-state index is 10.4. The summed E-state index contributed by atoms with van der Waals surface area (Å²) in [5.74, 6) is -0.899. The summed E-state index contributed by atoms with van der Waals surface area (Å²) >= 11 is 0. The number of aromatic nitrogens is 4. The highest BCUT2D eigenvalue weighted by Crippen LogP contribution is 2.04. The van der Waals surface area contributed by atoms with Crippen molar-refractivity contribution in [1.82, 2.24) is 19.7 Å². The van der Waals surface area contributed by atoms with Crippen LogP contribution in [-0.2, 0) is 11.2 Å². The zero-order valence-electron chi connectivity index (χ0n) is 7.74. The average molecular weight is 204 g/mol. The summed E-state index contributed by atoms with van der Waals surface area (Å²) in [6.45, 7) is 0. The molecule has 0 aliphatic rings. The van der Waals surface area contributed by atoms with Gasteiger partial charge >= 0.3 is 5.97 Å². The van der Waals surface area contributed by atoms with Crippen molar-refractivity contribution in [1.29, 1.82) is 0 Å². The predicted molar refractivity (Wildman–Crippen MR) is 50.5 cm³/mol. The van der Waals surface area contributed by atoms with Crippen molar-refractivity contribution in [2.75, 3.05) is 0 Å². The van der Waals surface area contributed by atoms with Crippen molar-refractivity contribution in [2.24, 2.45) is 0 Å². The smallest absolute Gasteiger partial charge is 0.309 e. The third-order valence-electron chi connectivity index (χ3n) is 1.79. The van der Waals surface area contributed by atoms with Gasteiger partial charge in [-0.3, -0.25) is 4.79 Å². The Morgan fingerprint density at radius 1 is 1.40 bits per heavy atom. The van der Waals surface area contributed by atoms with Crippen LogP contribution in [0.5, 0.6) is 0 Å². The van der Waals surface area contributed by atoms with Crippen LogP contribution in [0, 0.1) is 0 Å². The standard InChI is InChI=1S/C9H8N4O2/c14-9(15)3-7-1-2-13(12-7)8-4-10-6-11-5-8/h1-2,4-6H,3H2,(H,14,15). The molecule has 0 aliphatic heterocycles. The molecule has 2 aromatic heterocycles. The van der Waals surface area contributed by atoms with Gasteiger partial charge in [0, 0.05) is 6.20 Å². The first-order chi connectivity index (χ1) is 7.25. The van der Waals surface area contributed by atoms with E-state index in [0.29, 0.717) is 11.4 Å². The fourth-order valence-corrected chi connectivity index (χ4v) is 1.16. The Balaban J connectivity index is 2.24. The summed E-state index contributed by atoms with van der Waals surface area (Å²) in [5, 5.41) is 12.6. The zero-order valence-corrected chi connectivity index (χ0v) is 7.74. The van der Waals surface area contributed by atoms with E-state index in [1.165, 1.54) is 11.0 Å². The van der Waals surface area contributed by atoms with Gasteiger partial charge in [0.2, 0.25) is 0 Å². The molecule has 0 saturated carbocycles. The molecular formula is C9H8N4O2. The number of nitrogens with zero attached hydrogens (tertiary/aromatic N) is 4. The van der Waals surface area contributed by atoms with E-state index in [9.17, 15) is 4.79 Å². The highest BCUT2D eigenvalue weighted by molar-refractivity contribution is 5.69. The van der Waals surface area contributed by atoms with E-state index in [1.807, 2.05) is 0 Å². The van der Waals surface area contributed by atoms with E-state index in [2.05, 4.69) is 15.1 Å². The van der Waals surface area contributed by atoms with E-state index >= 15 is 0 Å². The molecule has 0 fully saturated rings. The number of hydrogen-bond donors (Lipinski definition) is 1. The van der Waals surface area contributed by atoms with Crippen molar-refractivity contribution < 1.29 is 9.90 Å². The van der Waals surface area contributed by atoms with Gasteiger partial charge < -0.3 is 5.11 Å². The van der Waals surface area contributed by atoms with Gasteiger partial charge in [-0.05, 0) is 6.07 Å². The van der Waals surface area contributed by atoms with E-state index in [1.54, 1.807) is 24.7 Å². The third kappa shape index (κ3) is 2.16. The van der Waals surface area contributed by atoms with Crippen LogP contribution in [-0.4, -0.2) is 30.8 Å². The normalized spacial score (nSPS) is 10.1. The van der Waals surface area contributed by atoms with E-state index in [-0.39, 0.29) is 6.42 Å². The van der Waals surface area contributed by atoms with Crippen molar-refractivity contribution in [3.05, 3.63) is 36.7 Å². The largest absolute Gasteiger partial charge is 0.481 e. The zero-order chi connectivity index (χ0) is 10.7. The average Bonchev–Trinajstić information content (AvgIpc) is 2.67. The summed E-state index contributed by atoms with van der Waals surface area (Å²) in [6.07, 6.45) is 6.22. The highest BCUT2D eigenvalue weighted by Gasteiger charge is 2.05. The summed E-state index contributed by atoms with van der Waals surface area (Å²) in [5.41, 5.74) is 1.21. The van der Waals surface area contributed by atoms with Crippen molar-refractivity contribution >= 4 is 5.97 Å². The van der Waals surface area contributed by atoms with Gasteiger partial charge in [0.1, 0.15) is 12.0 Å². The first-order valence-corrected chi connectivity index (χ1v) is 4.27. The molecule has 0 bridgehead atoms. The Labute approximate surface area is 85.2 Å². The molecule has 2 rings (SSSR count). The Morgan fingerprint density at radius 2 is 2.13 bits per heavy atom. The van der Waals surface area contributed by atoms with Crippen LogP contribution in [0.15, 0.2) is 31.0 Å². The molecule has 0 unspecified atom stereocenters. The summed E-state index contributed by atoms with van der Waals surface area (Å²) in [6, 6.07) is 1.65. The van der Waals surface area contributed by atoms with Gasteiger partial charge in [-0.25, -0.2) is 14.6 Å². The van der Waals surface area contributed by atoms with Crippen LogP contribution >= 0.6 is 0 Å². The first-order valence-electron chi connectivity index (χ1n) is 4.27. The Hall–Kier alpha value is -2.24. The van der Waals surface area contributed by atoms with Gasteiger partial charge in [-0.2, -0.15) is 5.10 Å². The molecule has 76 valence electrons. The number of carbonyl (C=O) groups is 1. The molecule has 0 aromatic carbocycles. The van der Waals surface area contributed by atoms with Crippen LogP contribution in [0.25, 0.3) is 5.69 Å². The maximum Gasteiger partial charge on any atom is 0.309 e. The van der Waals surface area contributed by atoms with Crippen LogP contribution in [0.1, 0.15) is 5.69 Å². The molecule has 6 nitrogen and oxygen atoms in total. The van der Waals surface area contributed by atoms with Crippen LogP contribution in [0.4, 0.5) is 0 Å². The minimum Gasteiger partial charge on any atom is -0.481 e. The summed E-state index contributed by atoms with van der Waals surface area (Å²) < 4.78 is 1.54. The Bertz CT molecular complexity index is 466. The predicted octanol–water partition coefficient (Wildman–Crippen LogP) is 0.289. The number of carboxylic acid groups (broad SMARTS) is 1. The molecule has 0 saturated heterocycles. The van der Waals surface area contributed by atoms with Gasteiger partial charge in [0.25, 0.3) is 0 Å². The lowest BCUT2D eigenvalue weighted by Gasteiger charge is -1.97. The Kier molecular flexibility index (Phi) is 2.40. The minimum atomic E-state index is -0.899. The lowest BCUT2D eigenvalue weighted by atomic mass is 10.3. The molecule has 1 N–H and O–H groups in total. The lowest BCUT2D eigenvalue weighted by Crippen LogP contribution is -2.02. The molecule has 0 aliphatic carbocycles. The van der Waals surface area contributed by atoms with Crippen molar-refractivity contribution in [2.45, 2.75) is 6.42 Å². The number of aliphatic carboxylic acids is 1. The summed E-state index contributed by atoms with van der Waals surface area (Å²) in [7, 11) is 0. The van der Waals surface area contributed by atoms with Gasteiger partial charge in [0.05, 0.1) is 24.5 Å². The maximum atomic E-state index is 10.4. The lowest BCUT2D eigenvalue weighted by molar-refractivity contribution is -0.136. The van der Waals surface area contributed by atoms with Crippen LogP contribution in [0.2, 0.25) is 0 Å². The van der Waals surface area contributed by atoms with E-state index < -0.39 is 5.97 Å². The van der Waals surface area contributed by atoms with E-state index in [4.69, 9.17) is 5.11 Å². The van der Waals surface area contributed by atoms with E-state index in [0.717, 1.165) is 0 Å². The highest BCUT2D eigenvalue weighted by atomic mass is 16.4. The van der Waals surface area contributed by atoms with Crippen LogP contribution in [0.3, 0.4) is 0 Å². The molecule has 0 atom stereocenters. The summed E-state index contributed by atoms with van der Waals surface area (Å²) in [4.78, 5) is 18.1. The molecule has 2 aromatic rings. The fraction of sp³-hybridized carbons (Fsp3) is 0.111. The molecule has 15 heavy (non-hydrogen) atoms. The fourth-order valence-electron chi connectivity index (χ4n) is 1.16. The second kappa shape index (κ2) is 3.87.